The SMILES string of the molecule is Clc1ccc(Cl)c(Cl)c1Cl.O=Cc1ccccc1. The van der Waals surface area contributed by atoms with Crippen LogP contribution in [-0.4, -0.2) is 6.29 Å². The molecule has 0 radical (unpaired) electrons. The average Bonchev–Trinajstić information content (AvgIpc) is 2.42. The van der Waals surface area contributed by atoms with Crippen molar-refractivity contribution in [3.63, 3.8) is 0 Å². The van der Waals surface area contributed by atoms with Crippen molar-refractivity contribution in [1.82, 2.24) is 0 Å². The van der Waals surface area contributed by atoms with E-state index in [0.29, 0.717) is 20.1 Å². The van der Waals surface area contributed by atoms with Crippen molar-refractivity contribution < 1.29 is 4.79 Å². The standard InChI is InChI=1S/C7H6O.C6H2Cl4/c8-6-7-4-2-1-3-5-7;7-3-1-2-4(8)6(10)5(3)9/h1-6H;1-2H. The summed E-state index contributed by atoms with van der Waals surface area (Å²) in [5.74, 6) is 0. The highest BCUT2D eigenvalue weighted by Crippen LogP contribution is 2.34. The van der Waals surface area contributed by atoms with Crippen molar-refractivity contribution >= 4 is 52.7 Å². The fourth-order valence-corrected chi connectivity index (χ4v) is 1.78. The Morgan fingerprint density at radius 1 is 0.722 bits per heavy atom. The van der Waals surface area contributed by atoms with E-state index in [1.807, 2.05) is 18.2 Å². The van der Waals surface area contributed by atoms with E-state index in [4.69, 9.17) is 46.4 Å². The predicted octanol–water partition coefficient (Wildman–Crippen LogP) is 5.80. The molecule has 18 heavy (non-hydrogen) atoms. The molecule has 1 nitrogen and oxygen atoms in total. The molecule has 0 saturated heterocycles. The van der Waals surface area contributed by atoms with E-state index < -0.39 is 0 Å². The zero-order valence-corrected chi connectivity index (χ0v) is 12.1. The van der Waals surface area contributed by atoms with Crippen molar-refractivity contribution in [1.29, 1.82) is 0 Å². The molecule has 0 fully saturated rings. The monoisotopic (exact) mass is 320 g/mol. The van der Waals surface area contributed by atoms with Gasteiger partial charge < -0.3 is 0 Å². The zero-order chi connectivity index (χ0) is 13.5. The minimum atomic E-state index is 0.302. The van der Waals surface area contributed by atoms with Crippen LogP contribution in [0.3, 0.4) is 0 Å². The lowest BCUT2D eigenvalue weighted by Gasteiger charge is -1.98. The van der Waals surface area contributed by atoms with Gasteiger partial charge in [0.15, 0.2) is 0 Å². The van der Waals surface area contributed by atoms with Gasteiger partial charge in [0.25, 0.3) is 0 Å². The molecule has 0 N–H and O–H groups in total. The van der Waals surface area contributed by atoms with Gasteiger partial charge in [0.05, 0.1) is 20.1 Å². The van der Waals surface area contributed by atoms with Gasteiger partial charge in [-0.1, -0.05) is 76.7 Å². The molecule has 2 aromatic carbocycles. The van der Waals surface area contributed by atoms with Crippen molar-refractivity contribution in [2.45, 2.75) is 0 Å². The Hall–Kier alpha value is -0.730. The lowest BCUT2D eigenvalue weighted by molar-refractivity contribution is 0.112. The van der Waals surface area contributed by atoms with Gasteiger partial charge in [0, 0.05) is 5.56 Å². The molecule has 0 heterocycles. The molecule has 0 bridgehead atoms. The number of halogens is 4. The Balaban J connectivity index is 0.000000184. The van der Waals surface area contributed by atoms with E-state index >= 15 is 0 Å². The third-order valence-electron chi connectivity index (χ3n) is 1.92. The Morgan fingerprint density at radius 2 is 1.17 bits per heavy atom. The quantitative estimate of drug-likeness (QED) is 0.368. The first-order chi connectivity index (χ1) is 8.56. The van der Waals surface area contributed by atoms with Crippen molar-refractivity contribution in [3.8, 4) is 0 Å². The summed E-state index contributed by atoms with van der Waals surface area (Å²) in [5, 5.41) is 1.43. The molecule has 0 aliphatic heterocycles. The van der Waals surface area contributed by atoms with E-state index in [-0.39, 0.29) is 0 Å². The number of carbonyl (C=O) groups is 1. The summed E-state index contributed by atoms with van der Waals surface area (Å²) in [7, 11) is 0. The maximum Gasteiger partial charge on any atom is 0.150 e. The first kappa shape index (κ1) is 15.3. The minimum absolute atomic E-state index is 0.302. The highest BCUT2D eigenvalue weighted by Gasteiger charge is 2.05. The number of rotatable bonds is 1. The van der Waals surface area contributed by atoms with E-state index in [9.17, 15) is 4.79 Å². The largest absolute Gasteiger partial charge is 0.298 e. The summed E-state index contributed by atoms with van der Waals surface area (Å²) in [6.07, 6.45) is 0.833. The minimum Gasteiger partial charge on any atom is -0.298 e. The van der Waals surface area contributed by atoms with E-state index in [0.717, 1.165) is 11.8 Å². The Labute approximate surface area is 125 Å². The molecule has 0 aliphatic carbocycles. The molecule has 0 aromatic heterocycles. The summed E-state index contributed by atoms with van der Waals surface area (Å²) in [6, 6.07) is 12.3. The molecule has 0 spiro atoms. The van der Waals surface area contributed by atoms with Crippen LogP contribution in [-0.2, 0) is 0 Å². The smallest absolute Gasteiger partial charge is 0.150 e. The van der Waals surface area contributed by atoms with Crippen LogP contribution < -0.4 is 0 Å². The van der Waals surface area contributed by atoms with Crippen LogP contribution in [0.15, 0.2) is 42.5 Å². The lowest BCUT2D eigenvalue weighted by Crippen LogP contribution is -1.73. The number of hydrogen-bond acceptors (Lipinski definition) is 1. The first-order valence-corrected chi connectivity index (χ1v) is 6.36. The van der Waals surface area contributed by atoms with Gasteiger partial charge in [-0.2, -0.15) is 0 Å². The molecule has 2 aromatic rings. The van der Waals surface area contributed by atoms with Crippen molar-refractivity contribution in [3.05, 3.63) is 68.1 Å². The summed E-state index contributed by atoms with van der Waals surface area (Å²) in [4.78, 5) is 10.0. The normalized spacial score (nSPS) is 9.33. The van der Waals surface area contributed by atoms with Gasteiger partial charge in [-0.05, 0) is 12.1 Å². The van der Waals surface area contributed by atoms with Crippen LogP contribution in [0.4, 0.5) is 0 Å². The van der Waals surface area contributed by atoms with Gasteiger partial charge in [-0.25, -0.2) is 0 Å². The Bertz CT molecular complexity index is 499. The molecule has 5 heteroatoms. The highest BCUT2D eigenvalue weighted by molar-refractivity contribution is 6.51. The van der Waals surface area contributed by atoms with Crippen molar-refractivity contribution in [2.24, 2.45) is 0 Å². The fraction of sp³-hybridized carbons (Fsp3) is 0. The first-order valence-electron chi connectivity index (χ1n) is 4.85. The molecule has 0 atom stereocenters. The second kappa shape index (κ2) is 7.65. The van der Waals surface area contributed by atoms with E-state index in [1.54, 1.807) is 24.3 Å². The summed E-state index contributed by atoms with van der Waals surface area (Å²) >= 11 is 22.5. The van der Waals surface area contributed by atoms with E-state index in [2.05, 4.69) is 0 Å². The number of hydrogen-bond donors (Lipinski definition) is 0. The van der Waals surface area contributed by atoms with Crippen LogP contribution in [0.25, 0.3) is 0 Å². The Kier molecular flexibility index (Phi) is 6.51. The number of carbonyl (C=O) groups excluding carboxylic acids is 1. The second-order valence-corrected chi connectivity index (χ2v) is 4.76. The molecular weight excluding hydrogens is 314 g/mol. The van der Waals surface area contributed by atoms with Gasteiger partial charge in [-0.3, -0.25) is 4.79 Å². The van der Waals surface area contributed by atoms with Crippen LogP contribution >= 0.6 is 46.4 Å². The molecule has 0 saturated carbocycles. The second-order valence-electron chi connectivity index (χ2n) is 3.19. The van der Waals surface area contributed by atoms with Crippen LogP contribution in [0.2, 0.25) is 20.1 Å². The number of benzene rings is 2. The summed E-state index contributed by atoms with van der Waals surface area (Å²) in [5.41, 5.74) is 0.729. The predicted molar refractivity (Wildman–Crippen MR) is 78.3 cm³/mol. The summed E-state index contributed by atoms with van der Waals surface area (Å²) < 4.78 is 0. The molecule has 0 aliphatic rings. The summed E-state index contributed by atoms with van der Waals surface area (Å²) in [6.45, 7) is 0. The zero-order valence-electron chi connectivity index (χ0n) is 9.04. The topological polar surface area (TPSA) is 17.1 Å². The fourth-order valence-electron chi connectivity index (χ4n) is 1.03. The van der Waals surface area contributed by atoms with Gasteiger partial charge in [-0.15, -0.1) is 0 Å². The lowest BCUT2D eigenvalue weighted by atomic mass is 10.2. The molecule has 0 amide bonds. The maximum absolute atomic E-state index is 10.0. The van der Waals surface area contributed by atoms with Crippen LogP contribution in [0, 0.1) is 0 Å². The average molecular weight is 322 g/mol. The third-order valence-corrected chi connectivity index (χ3v) is 3.63. The maximum atomic E-state index is 10.0. The number of aldehydes is 1. The highest BCUT2D eigenvalue weighted by atomic mass is 35.5. The Morgan fingerprint density at radius 3 is 1.50 bits per heavy atom. The molecule has 94 valence electrons. The van der Waals surface area contributed by atoms with Crippen LogP contribution in [0.1, 0.15) is 10.4 Å². The molecule has 0 unspecified atom stereocenters. The van der Waals surface area contributed by atoms with Gasteiger partial charge >= 0.3 is 0 Å². The van der Waals surface area contributed by atoms with Crippen LogP contribution in [0.5, 0.6) is 0 Å². The van der Waals surface area contributed by atoms with Crippen molar-refractivity contribution in [2.75, 3.05) is 0 Å². The van der Waals surface area contributed by atoms with E-state index in [1.165, 1.54) is 0 Å². The van der Waals surface area contributed by atoms with Gasteiger partial charge in [0.1, 0.15) is 6.29 Å². The third kappa shape index (κ3) is 4.51. The molecule has 2 rings (SSSR count). The van der Waals surface area contributed by atoms with Gasteiger partial charge in [0.2, 0.25) is 0 Å². The molecular formula is C13H8Cl4O.